The van der Waals surface area contributed by atoms with Gasteiger partial charge >= 0.3 is 0 Å². The second-order valence-electron chi connectivity index (χ2n) is 8.67. The lowest BCUT2D eigenvalue weighted by molar-refractivity contribution is 0.257. The fourth-order valence-corrected chi connectivity index (χ4v) is 3.85. The minimum atomic E-state index is 0.706. The first kappa shape index (κ1) is 28.1. The van der Waals surface area contributed by atoms with E-state index in [-0.39, 0.29) is 0 Å². The van der Waals surface area contributed by atoms with Gasteiger partial charge in [-0.15, -0.1) is 0 Å². The van der Waals surface area contributed by atoms with Crippen molar-refractivity contribution in [2.75, 3.05) is 91.6 Å². The molecule has 2 heterocycles. The Bertz CT molecular complexity index is 559. The van der Waals surface area contributed by atoms with Gasteiger partial charge in [-0.05, 0) is 70.7 Å². The van der Waals surface area contributed by atoms with Gasteiger partial charge in [0.05, 0.1) is 11.4 Å². The summed E-state index contributed by atoms with van der Waals surface area (Å²) in [4.78, 5) is 7.44. The summed E-state index contributed by atoms with van der Waals surface area (Å²) in [5.74, 6) is 0. The third-order valence-electron chi connectivity index (χ3n) is 5.68. The van der Waals surface area contributed by atoms with Crippen LogP contribution >= 0.6 is 0 Å². The van der Waals surface area contributed by atoms with E-state index in [1.165, 1.54) is 6.42 Å². The van der Waals surface area contributed by atoms with Gasteiger partial charge in [0.15, 0.2) is 0 Å². The lowest BCUT2D eigenvalue weighted by atomic mass is 10.2. The second kappa shape index (κ2) is 20.2. The summed E-state index contributed by atoms with van der Waals surface area (Å²) in [6.07, 6.45) is 3.47. The molecule has 33 heavy (non-hydrogen) atoms. The van der Waals surface area contributed by atoms with Crippen LogP contribution in [0, 0.1) is 0 Å². The van der Waals surface area contributed by atoms with Crippen LogP contribution in [0.4, 0.5) is 0 Å². The molecule has 0 aliphatic carbocycles. The number of nitrogens with one attached hydrogen (secondary N) is 6. The lowest BCUT2D eigenvalue weighted by Crippen LogP contribution is -2.36. The van der Waals surface area contributed by atoms with Crippen molar-refractivity contribution in [1.29, 1.82) is 0 Å². The van der Waals surface area contributed by atoms with Crippen molar-refractivity contribution >= 4 is 0 Å². The third kappa shape index (κ3) is 15.4. The second-order valence-corrected chi connectivity index (χ2v) is 8.67. The molecule has 0 aromatic carbocycles. The number of aromatic nitrogens is 1. The first-order valence-electron chi connectivity index (χ1n) is 13.0. The molecule has 2 rings (SSSR count). The van der Waals surface area contributed by atoms with Gasteiger partial charge in [0.25, 0.3) is 0 Å². The zero-order valence-corrected chi connectivity index (χ0v) is 20.6. The maximum absolute atomic E-state index is 5.47. The largest absolute Gasteiger partial charge is 0.329 e. The van der Waals surface area contributed by atoms with Crippen LogP contribution in [0.3, 0.4) is 0 Å². The van der Waals surface area contributed by atoms with Crippen LogP contribution in [-0.2, 0) is 13.1 Å². The predicted molar refractivity (Wildman–Crippen MR) is 138 cm³/mol. The number of nitrogens with zero attached hydrogens (tertiary/aromatic N) is 2. The van der Waals surface area contributed by atoms with Gasteiger partial charge in [-0.25, -0.2) is 0 Å². The highest BCUT2D eigenvalue weighted by molar-refractivity contribution is 5.11. The third-order valence-corrected chi connectivity index (χ3v) is 5.68. The van der Waals surface area contributed by atoms with Crippen LogP contribution in [0.1, 0.15) is 30.7 Å². The minimum absolute atomic E-state index is 0.706. The molecule has 0 spiro atoms. The molecule has 0 unspecified atom stereocenters. The zero-order valence-electron chi connectivity index (χ0n) is 20.6. The van der Waals surface area contributed by atoms with Crippen LogP contribution in [0.2, 0.25) is 0 Å². The molecule has 190 valence electrons. The number of pyridine rings is 1. The van der Waals surface area contributed by atoms with Crippen molar-refractivity contribution in [2.24, 2.45) is 5.73 Å². The Kier molecular flexibility index (Phi) is 17.2. The van der Waals surface area contributed by atoms with E-state index in [0.29, 0.717) is 6.54 Å². The number of hydrogen-bond donors (Lipinski definition) is 7. The van der Waals surface area contributed by atoms with Gasteiger partial charge in [0.1, 0.15) is 0 Å². The van der Waals surface area contributed by atoms with E-state index in [0.717, 1.165) is 122 Å². The molecular formula is C24H49N9. The van der Waals surface area contributed by atoms with Gasteiger partial charge < -0.3 is 37.6 Å². The zero-order chi connectivity index (χ0) is 23.2. The molecule has 9 nitrogen and oxygen atoms in total. The molecule has 1 aromatic rings. The summed E-state index contributed by atoms with van der Waals surface area (Å²) < 4.78 is 0. The van der Waals surface area contributed by atoms with Crippen molar-refractivity contribution in [3.05, 3.63) is 29.6 Å². The number of hydrogen-bond acceptors (Lipinski definition) is 9. The van der Waals surface area contributed by atoms with E-state index in [2.05, 4.69) is 55.0 Å². The van der Waals surface area contributed by atoms with Crippen LogP contribution in [0.25, 0.3) is 0 Å². The van der Waals surface area contributed by atoms with E-state index < -0.39 is 0 Å². The van der Waals surface area contributed by atoms with Crippen molar-refractivity contribution in [2.45, 2.75) is 32.4 Å². The van der Waals surface area contributed by atoms with Crippen molar-refractivity contribution in [3.8, 4) is 0 Å². The molecule has 0 bridgehead atoms. The summed E-state index contributed by atoms with van der Waals surface area (Å²) in [5.41, 5.74) is 7.75. The fourth-order valence-electron chi connectivity index (χ4n) is 3.85. The Balaban J connectivity index is 1.65. The van der Waals surface area contributed by atoms with E-state index in [4.69, 9.17) is 10.7 Å². The molecule has 1 aromatic heterocycles. The first-order chi connectivity index (χ1) is 16.4. The molecule has 0 atom stereocenters. The van der Waals surface area contributed by atoms with Crippen molar-refractivity contribution < 1.29 is 0 Å². The highest BCUT2D eigenvalue weighted by atomic mass is 15.1. The summed E-state index contributed by atoms with van der Waals surface area (Å²) in [7, 11) is 0. The maximum atomic E-state index is 5.47. The quantitative estimate of drug-likeness (QED) is 0.186. The molecule has 9 heteroatoms. The van der Waals surface area contributed by atoms with Gasteiger partial charge in [-0.1, -0.05) is 6.07 Å². The Labute approximate surface area is 201 Å². The smallest absolute Gasteiger partial charge is 0.0547 e. The first-order valence-corrected chi connectivity index (χ1v) is 13.0. The Morgan fingerprint density at radius 3 is 2.27 bits per heavy atom. The SMILES string of the molecule is NCCNCCCNCCNCc1cccc(CN2CCCNCCNCCCNCC2)n1. The average Bonchev–Trinajstić information content (AvgIpc) is 2.83. The monoisotopic (exact) mass is 463 g/mol. The van der Waals surface area contributed by atoms with E-state index >= 15 is 0 Å². The molecule has 1 aliphatic rings. The number of rotatable bonds is 13. The Hall–Kier alpha value is -1.17. The van der Waals surface area contributed by atoms with Crippen LogP contribution in [0.15, 0.2) is 18.2 Å². The molecule has 8 N–H and O–H groups in total. The molecular weight excluding hydrogens is 414 g/mol. The summed E-state index contributed by atoms with van der Waals surface area (Å²) in [6.45, 7) is 15.8. The Morgan fingerprint density at radius 1 is 0.758 bits per heavy atom. The molecule has 0 saturated carbocycles. The topological polar surface area (TPSA) is 114 Å². The van der Waals surface area contributed by atoms with Crippen LogP contribution in [0.5, 0.6) is 0 Å². The van der Waals surface area contributed by atoms with E-state index in [9.17, 15) is 0 Å². The lowest BCUT2D eigenvalue weighted by Gasteiger charge is -2.23. The van der Waals surface area contributed by atoms with Crippen LogP contribution < -0.4 is 37.6 Å². The van der Waals surface area contributed by atoms with Gasteiger partial charge in [0.2, 0.25) is 0 Å². The molecule has 1 fully saturated rings. The van der Waals surface area contributed by atoms with Gasteiger partial charge in [-0.3, -0.25) is 9.88 Å². The summed E-state index contributed by atoms with van der Waals surface area (Å²) in [6, 6.07) is 6.42. The normalized spacial score (nSPS) is 17.6. The van der Waals surface area contributed by atoms with E-state index in [1.54, 1.807) is 0 Å². The summed E-state index contributed by atoms with van der Waals surface area (Å²) >= 11 is 0. The van der Waals surface area contributed by atoms with Gasteiger partial charge in [0, 0.05) is 65.4 Å². The van der Waals surface area contributed by atoms with Crippen molar-refractivity contribution in [3.63, 3.8) is 0 Å². The highest BCUT2D eigenvalue weighted by Crippen LogP contribution is 2.05. The average molecular weight is 464 g/mol. The highest BCUT2D eigenvalue weighted by Gasteiger charge is 2.08. The predicted octanol–water partition coefficient (Wildman–Crippen LogP) is -0.936. The maximum Gasteiger partial charge on any atom is 0.0547 e. The number of nitrogens with two attached hydrogens (primary N) is 1. The molecule has 0 radical (unpaired) electrons. The van der Waals surface area contributed by atoms with Crippen molar-refractivity contribution in [1.82, 2.24) is 41.8 Å². The van der Waals surface area contributed by atoms with Crippen LogP contribution in [-0.4, -0.2) is 102 Å². The molecule has 1 saturated heterocycles. The summed E-state index contributed by atoms with van der Waals surface area (Å²) in [5, 5.41) is 20.9. The standard InChI is InChI=1S/C24H49N9/c25-7-13-26-8-2-9-28-16-17-31-21-23-5-1-6-24(32-23)22-33-19-4-12-29-15-14-27-10-3-11-30-18-20-33/h1,5-6,26-31H,2-4,7-22,25H2. The molecule has 0 amide bonds. The van der Waals surface area contributed by atoms with Gasteiger partial charge in [-0.2, -0.15) is 0 Å². The Morgan fingerprint density at radius 2 is 1.45 bits per heavy atom. The minimum Gasteiger partial charge on any atom is -0.329 e. The van der Waals surface area contributed by atoms with E-state index in [1.807, 2.05) is 0 Å². The fraction of sp³-hybridized carbons (Fsp3) is 0.792. The molecule has 1 aliphatic heterocycles.